The smallest absolute Gasteiger partial charge is 0.293 e. The van der Waals surface area contributed by atoms with E-state index in [0.717, 1.165) is 47.4 Å². The van der Waals surface area contributed by atoms with Crippen molar-refractivity contribution in [3.8, 4) is 5.75 Å². The van der Waals surface area contributed by atoms with Crippen LogP contribution in [-0.4, -0.2) is 42.3 Å². The van der Waals surface area contributed by atoms with Crippen LogP contribution in [0.3, 0.4) is 0 Å². The van der Waals surface area contributed by atoms with Gasteiger partial charge in [-0.25, -0.2) is 0 Å². The number of carbonyl (C=O) groups is 2. The molecule has 5 nitrogen and oxygen atoms in total. The Morgan fingerprint density at radius 2 is 1.77 bits per heavy atom. The summed E-state index contributed by atoms with van der Waals surface area (Å²) in [6.45, 7) is 8.88. The van der Waals surface area contributed by atoms with Gasteiger partial charge < -0.3 is 9.64 Å². The van der Waals surface area contributed by atoms with Gasteiger partial charge in [-0.15, -0.1) is 0 Å². The molecule has 2 aromatic carbocycles. The Kier molecular flexibility index (Phi) is 7.57. The SMILES string of the molecule is CCOc1cc(N(CC)CC)ccc1/C=C1/SC(=O)N(CCc2ccccc2)C1=O. The van der Waals surface area contributed by atoms with Crippen LogP contribution in [0.25, 0.3) is 6.08 Å². The molecular formula is C24H28N2O3S. The van der Waals surface area contributed by atoms with Gasteiger partial charge in [-0.1, -0.05) is 30.3 Å². The summed E-state index contributed by atoms with van der Waals surface area (Å²) in [4.78, 5) is 29.3. The van der Waals surface area contributed by atoms with Crippen molar-refractivity contribution in [2.75, 3.05) is 31.1 Å². The molecule has 0 atom stereocenters. The lowest BCUT2D eigenvalue weighted by Gasteiger charge is -2.22. The fraction of sp³-hybridized carbons (Fsp3) is 0.333. The predicted octanol–water partition coefficient (Wildman–Crippen LogP) is 5.21. The zero-order chi connectivity index (χ0) is 21.5. The molecule has 0 radical (unpaired) electrons. The number of benzene rings is 2. The van der Waals surface area contributed by atoms with E-state index >= 15 is 0 Å². The van der Waals surface area contributed by atoms with Crippen LogP contribution in [0.5, 0.6) is 5.75 Å². The monoisotopic (exact) mass is 424 g/mol. The van der Waals surface area contributed by atoms with E-state index in [1.807, 2.05) is 55.5 Å². The maximum Gasteiger partial charge on any atom is 0.293 e. The molecule has 1 saturated heterocycles. The maximum atomic E-state index is 12.8. The summed E-state index contributed by atoms with van der Waals surface area (Å²) in [5, 5.41) is -0.222. The Hall–Kier alpha value is -2.73. The molecule has 1 aliphatic heterocycles. The minimum atomic E-state index is -0.240. The number of anilines is 1. The van der Waals surface area contributed by atoms with Crippen LogP contribution >= 0.6 is 11.8 Å². The second-order valence-corrected chi connectivity index (χ2v) is 7.89. The fourth-order valence-electron chi connectivity index (χ4n) is 3.43. The maximum absolute atomic E-state index is 12.8. The number of rotatable bonds is 9. The molecule has 1 fully saturated rings. The highest BCUT2D eigenvalue weighted by Gasteiger charge is 2.34. The average Bonchev–Trinajstić information content (AvgIpc) is 3.02. The van der Waals surface area contributed by atoms with E-state index in [4.69, 9.17) is 4.74 Å². The number of imide groups is 1. The van der Waals surface area contributed by atoms with Crippen molar-refractivity contribution in [3.63, 3.8) is 0 Å². The number of hydrogen-bond donors (Lipinski definition) is 0. The first-order valence-corrected chi connectivity index (χ1v) is 11.2. The van der Waals surface area contributed by atoms with Crippen LogP contribution in [0.2, 0.25) is 0 Å². The van der Waals surface area contributed by atoms with E-state index < -0.39 is 0 Å². The van der Waals surface area contributed by atoms with Gasteiger partial charge in [-0.05, 0) is 62.7 Å². The predicted molar refractivity (Wildman–Crippen MR) is 124 cm³/mol. The van der Waals surface area contributed by atoms with E-state index in [9.17, 15) is 9.59 Å². The first-order valence-electron chi connectivity index (χ1n) is 10.4. The molecule has 3 rings (SSSR count). The van der Waals surface area contributed by atoms with Crippen LogP contribution in [0, 0.1) is 0 Å². The van der Waals surface area contributed by atoms with Crippen molar-refractivity contribution in [2.24, 2.45) is 0 Å². The third-order valence-corrected chi connectivity index (χ3v) is 5.96. The molecule has 0 unspecified atom stereocenters. The molecule has 30 heavy (non-hydrogen) atoms. The molecular weight excluding hydrogens is 396 g/mol. The Morgan fingerprint density at radius 3 is 2.43 bits per heavy atom. The van der Waals surface area contributed by atoms with Crippen LogP contribution in [-0.2, 0) is 11.2 Å². The normalized spacial score (nSPS) is 15.2. The van der Waals surface area contributed by atoms with E-state index in [-0.39, 0.29) is 11.1 Å². The third-order valence-electron chi connectivity index (χ3n) is 5.05. The summed E-state index contributed by atoms with van der Waals surface area (Å²) < 4.78 is 5.83. The summed E-state index contributed by atoms with van der Waals surface area (Å²) in [6, 6.07) is 15.9. The molecule has 2 aromatic rings. The Labute approximate surface area is 182 Å². The van der Waals surface area contributed by atoms with Gasteiger partial charge in [0.05, 0.1) is 11.5 Å². The van der Waals surface area contributed by atoms with Crippen molar-refractivity contribution >= 4 is 34.7 Å². The Bertz CT molecular complexity index is 923. The summed E-state index contributed by atoms with van der Waals surface area (Å²) in [7, 11) is 0. The molecule has 0 N–H and O–H groups in total. The number of nitrogens with zero attached hydrogens (tertiary/aromatic N) is 2. The van der Waals surface area contributed by atoms with Gasteiger partial charge in [0.1, 0.15) is 5.75 Å². The van der Waals surface area contributed by atoms with Crippen molar-refractivity contribution in [1.82, 2.24) is 4.90 Å². The van der Waals surface area contributed by atoms with Crippen LogP contribution in [0.1, 0.15) is 31.9 Å². The van der Waals surface area contributed by atoms with Crippen molar-refractivity contribution in [1.29, 1.82) is 0 Å². The minimum Gasteiger partial charge on any atom is -0.493 e. The largest absolute Gasteiger partial charge is 0.493 e. The summed E-state index contributed by atoms with van der Waals surface area (Å²) in [5.41, 5.74) is 2.99. The standard InChI is InChI=1S/C24H28N2O3S/c1-4-25(5-2)20-13-12-19(21(17-20)29-6-3)16-22-23(27)26(24(28)30-22)15-14-18-10-8-7-9-11-18/h7-13,16-17H,4-6,14-15H2,1-3H3/b22-16+. The first-order chi connectivity index (χ1) is 14.6. The molecule has 1 heterocycles. The van der Waals surface area contributed by atoms with Gasteiger partial charge in [0.2, 0.25) is 0 Å². The molecule has 2 amide bonds. The minimum absolute atomic E-state index is 0.222. The molecule has 158 valence electrons. The highest BCUT2D eigenvalue weighted by atomic mass is 32.2. The van der Waals surface area contributed by atoms with Crippen LogP contribution < -0.4 is 9.64 Å². The lowest BCUT2D eigenvalue weighted by atomic mass is 10.1. The van der Waals surface area contributed by atoms with Gasteiger partial charge in [0.15, 0.2) is 0 Å². The third kappa shape index (κ3) is 5.05. The summed E-state index contributed by atoms with van der Waals surface area (Å²) >= 11 is 0.991. The fourth-order valence-corrected chi connectivity index (χ4v) is 4.28. The highest BCUT2D eigenvalue weighted by Crippen LogP contribution is 2.35. The number of ether oxygens (including phenoxy) is 1. The van der Waals surface area contributed by atoms with Gasteiger partial charge >= 0.3 is 0 Å². The zero-order valence-corrected chi connectivity index (χ0v) is 18.6. The Balaban J connectivity index is 1.80. The van der Waals surface area contributed by atoms with Crippen LogP contribution in [0.15, 0.2) is 53.4 Å². The average molecular weight is 425 g/mol. The summed E-state index contributed by atoms with van der Waals surface area (Å²) in [6.07, 6.45) is 2.42. The van der Waals surface area contributed by atoms with Gasteiger partial charge in [0.25, 0.3) is 11.1 Å². The number of carbonyl (C=O) groups excluding carboxylic acids is 2. The number of hydrogen-bond acceptors (Lipinski definition) is 5. The van der Waals surface area contributed by atoms with E-state index in [1.54, 1.807) is 6.08 Å². The lowest BCUT2D eigenvalue weighted by Crippen LogP contribution is -2.30. The van der Waals surface area contributed by atoms with E-state index in [2.05, 4.69) is 18.7 Å². The molecule has 1 aliphatic rings. The highest BCUT2D eigenvalue weighted by molar-refractivity contribution is 8.18. The van der Waals surface area contributed by atoms with Gasteiger partial charge in [0, 0.05) is 37.0 Å². The second kappa shape index (κ2) is 10.3. The second-order valence-electron chi connectivity index (χ2n) is 6.90. The van der Waals surface area contributed by atoms with Crippen LogP contribution in [0.4, 0.5) is 10.5 Å². The molecule has 0 spiro atoms. The molecule has 0 aromatic heterocycles. The van der Waals surface area contributed by atoms with E-state index in [1.165, 1.54) is 4.90 Å². The topological polar surface area (TPSA) is 49.9 Å². The van der Waals surface area contributed by atoms with Crippen molar-refractivity contribution in [2.45, 2.75) is 27.2 Å². The quantitative estimate of drug-likeness (QED) is 0.517. The van der Waals surface area contributed by atoms with Crippen molar-refractivity contribution in [3.05, 3.63) is 64.6 Å². The van der Waals surface area contributed by atoms with Gasteiger partial charge in [-0.2, -0.15) is 0 Å². The summed E-state index contributed by atoms with van der Waals surface area (Å²) in [5.74, 6) is 0.481. The number of thioether (sulfide) groups is 1. The zero-order valence-electron chi connectivity index (χ0n) is 17.8. The lowest BCUT2D eigenvalue weighted by molar-refractivity contribution is -0.122. The number of amides is 2. The van der Waals surface area contributed by atoms with Gasteiger partial charge in [-0.3, -0.25) is 14.5 Å². The molecule has 0 saturated carbocycles. The van der Waals surface area contributed by atoms with E-state index in [0.29, 0.717) is 24.5 Å². The molecule has 0 aliphatic carbocycles. The molecule has 0 bridgehead atoms. The Morgan fingerprint density at radius 1 is 1.03 bits per heavy atom. The first kappa shape index (κ1) is 22.0. The molecule has 6 heteroatoms. The van der Waals surface area contributed by atoms with Crippen molar-refractivity contribution < 1.29 is 14.3 Å².